The number of aromatic amines is 1. The first-order valence-corrected chi connectivity index (χ1v) is 7.28. The number of carbonyl (C=O) groups is 1. The van der Waals surface area contributed by atoms with E-state index >= 15 is 0 Å². The molecule has 9 nitrogen and oxygen atoms in total. The van der Waals surface area contributed by atoms with Crippen molar-refractivity contribution in [3.63, 3.8) is 0 Å². The lowest BCUT2D eigenvalue weighted by molar-refractivity contribution is -0.137. The van der Waals surface area contributed by atoms with Gasteiger partial charge in [-0.3, -0.25) is 14.3 Å². The molecule has 1 aromatic rings. The molecule has 4 atom stereocenters. The molecule has 1 saturated heterocycles. The zero-order valence-electron chi connectivity index (χ0n) is 12.9. The normalized spacial score (nSPS) is 27.1. The smallest absolute Gasteiger partial charge is 0.330 e. The quantitative estimate of drug-likeness (QED) is 0.350. The summed E-state index contributed by atoms with van der Waals surface area (Å²) in [6, 6.07) is 1.11. The maximum Gasteiger partial charge on any atom is 0.330 e. The van der Waals surface area contributed by atoms with Crippen LogP contribution in [0.2, 0.25) is 0 Å². The molecule has 130 valence electrons. The van der Waals surface area contributed by atoms with E-state index in [0.717, 1.165) is 10.6 Å². The molecule has 0 spiro atoms. The number of allylic oxidation sites excluding steroid dienone is 2. The maximum atomic E-state index is 11.7. The highest BCUT2D eigenvalue weighted by Gasteiger charge is 2.42. The monoisotopic (exact) mass is 338 g/mol. The van der Waals surface area contributed by atoms with E-state index < -0.39 is 41.8 Å². The Labute approximate surface area is 136 Å². The Morgan fingerprint density at radius 2 is 2.12 bits per heavy atom. The van der Waals surface area contributed by atoms with Crippen LogP contribution in [0.4, 0.5) is 0 Å². The summed E-state index contributed by atoms with van der Waals surface area (Å²) in [7, 11) is 0. The average molecular weight is 338 g/mol. The standard InChI is InChI=1S/C15H18N2O7/c1-2-23-11(19)6-4-3-5-9-12(20)13(21)14(24-9)17-8-7-10(18)16-15(17)22/h3-9,12-14,20-21H,2H2,1H3,(H,16,18,22)/b5-3+,6-4-/t9-,12-,13-,14?/m1/s1. The molecule has 0 bridgehead atoms. The summed E-state index contributed by atoms with van der Waals surface area (Å²) in [4.78, 5) is 36.0. The Balaban J connectivity index is 2.08. The van der Waals surface area contributed by atoms with Gasteiger partial charge in [0, 0.05) is 18.3 Å². The molecule has 0 aliphatic carbocycles. The second-order valence-corrected chi connectivity index (χ2v) is 4.99. The molecule has 1 fully saturated rings. The molecule has 0 radical (unpaired) electrons. The average Bonchev–Trinajstić information content (AvgIpc) is 2.80. The molecule has 1 aliphatic rings. The molecule has 9 heteroatoms. The largest absolute Gasteiger partial charge is 0.463 e. The fourth-order valence-electron chi connectivity index (χ4n) is 2.20. The van der Waals surface area contributed by atoms with E-state index in [1.165, 1.54) is 30.5 Å². The molecule has 1 aliphatic heterocycles. The summed E-state index contributed by atoms with van der Waals surface area (Å²) in [5, 5.41) is 20.0. The topological polar surface area (TPSA) is 131 Å². The number of ether oxygens (including phenoxy) is 2. The third-order valence-electron chi connectivity index (χ3n) is 3.33. The van der Waals surface area contributed by atoms with Crippen LogP contribution in [-0.2, 0) is 14.3 Å². The van der Waals surface area contributed by atoms with Gasteiger partial charge in [0.15, 0.2) is 6.23 Å². The molecule has 0 amide bonds. The molecule has 0 saturated carbocycles. The lowest BCUT2D eigenvalue weighted by Crippen LogP contribution is -2.37. The Morgan fingerprint density at radius 1 is 1.38 bits per heavy atom. The van der Waals surface area contributed by atoms with Gasteiger partial charge in [-0.2, -0.15) is 0 Å². The number of nitrogens with one attached hydrogen (secondary N) is 1. The van der Waals surface area contributed by atoms with E-state index in [0.29, 0.717) is 0 Å². The molecule has 2 rings (SSSR count). The van der Waals surface area contributed by atoms with Crippen LogP contribution in [-0.4, -0.2) is 50.7 Å². The van der Waals surface area contributed by atoms with Gasteiger partial charge < -0.3 is 19.7 Å². The van der Waals surface area contributed by atoms with E-state index in [9.17, 15) is 24.6 Å². The Morgan fingerprint density at radius 3 is 2.79 bits per heavy atom. The van der Waals surface area contributed by atoms with Crippen molar-refractivity contribution in [3.05, 3.63) is 57.4 Å². The highest BCUT2D eigenvalue weighted by Crippen LogP contribution is 2.28. The van der Waals surface area contributed by atoms with E-state index in [2.05, 4.69) is 0 Å². The Hall–Kier alpha value is -2.49. The van der Waals surface area contributed by atoms with Gasteiger partial charge in [-0.1, -0.05) is 18.2 Å². The van der Waals surface area contributed by atoms with E-state index in [1.807, 2.05) is 4.98 Å². The maximum absolute atomic E-state index is 11.7. The van der Waals surface area contributed by atoms with Crippen LogP contribution in [0.3, 0.4) is 0 Å². The Bertz CT molecular complexity index is 749. The predicted molar refractivity (Wildman–Crippen MR) is 82.2 cm³/mol. The molecule has 0 aromatic carbocycles. The van der Waals surface area contributed by atoms with Crippen LogP contribution in [0.1, 0.15) is 13.2 Å². The van der Waals surface area contributed by atoms with Crippen LogP contribution in [0.25, 0.3) is 0 Å². The van der Waals surface area contributed by atoms with Crippen LogP contribution >= 0.6 is 0 Å². The van der Waals surface area contributed by atoms with Crippen molar-refractivity contribution in [2.45, 2.75) is 31.5 Å². The van der Waals surface area contributed by atoms with Crippen molar-refractivity contribution in [2.24, 2.45) is 0 Å². The lowest BCUT2D eigenvalue weighted by atomic mass is 10.1. The lowest BCUT2D eigenvalue weighted by Gasteiger charge is -2.16. The molecule has 1 unspecified atom stereocenters. The van der Waals surface area contributed by atoms with Crippen LogP contribution < -0.4 is 11.2 Å². The first-order valence-electron chi connectivity index (χ1n) is 7.28. The molecule has 1 aromatic heterocycles. The second kappa shape index (κ2) is 7.86. The zero-order chi connectivity index (χ0) is 17.7. The highest BCUT2D eigenvalue weighted by atomic mass is 16.6. The number of carbonyl (C=O) groups excluding carboxylic acids is 1. The SMILES string of the molecule is CCOC(=O)/C=C\C=C\[C@H]1OC(n2ccc(=O)[nH]c2=O)[C@H](O)[C@@H]1O. The van der Waals surface area contributed by atoms with Gasteiger partial charge in [-0.05, 0) is 6.92 Å². The van der Waals surface area contributed by atoms with E-state index in [4.69, 9.17) is 9.47 Å². The predicted octanol–water partition coefficient (Wildman–Crippen LogP) is -1.17. The third-order valence-corrected chi connectivity index (χ3v) is 3.33. The molecule has 2 heterocycles. The van der Waals surface area contributed by atoms with Crippen molar-refractivity contribution in [1.29, 1.82) is 0 Å². The van der Waals surface area contributed by atoms with Crippen molar-refractivity contribution in [2.75, 3.05) is 6.61 Å². The first kappa shape index (κ1) is 17.9. The summed E-state index contributed by atoms with van der Waals surface area (Å²) in [5.41, 5.74) is -1.34. The number of hydrogen-bond donors (Lipinski definition) is 3. The van der Waals surface area contributed by atoms with Crippen molar-refractivity contribution in [3.8, 4) is 0 Å². The second-order valence-electron chi connectivity index (χ2n) is 4.99. The van der Waals surface area contributed by atoms with Crippen LogP contribution in [0.15, 0.2) is 46.2 Å². The van der Waals surface area contributed by atoms with E-state index in [1.54, 1.807) is 6.92 Å². The molecule has 3 N–H and O–H groups in total. The van der Waals surface area contributed by atoms with E-state index in [-0.39, 0.29) is 6.61 Å². The molecular formula is C15H18N2O7. The van der Waals surface area contributed by atoms with Gasteiger partial charge in [0.25, 0.3) is 5.56 Å². The van der Waals surface area contributed by atoms with Crippen molar-refractivity contribution < 1.29 is 24.5 Å². The van der Waals surface area contributed by atoms with Gasteiger partial charge in [0.2, 0.25) is 0 Å². The number of aliphatic hydroxyl groups is 2. The Kier molecular flexibility index (Phi) is 5.85. The van der Waals surface area contributed by atoms with Crippen molar-refractivity contribution >= 4 is 5.97 Å². The van der Waals surface area contributed by atoms with Gasteiger partial charge in [0.1, 0.15) is 18.3 Å². The number of aromatic nitrogens is 2. The van der Waals surface area contributed by atoms with Gasteiger partial charge in [-0.15, -0.1) is 0 Å². The molecule has 24 heavy (non-hydrogen) atoms. The van der Waals surface area contributed by atoms with Gasteiger partial charge in [0.05, 0.1) is 6.61 Å². The number of H-pyrrole nitrogens is 1. The number of nitrogens with zero attached hydrogens (tertiary/aromatic N) is 1. The summed E-state index contributed by atoms with van der Waals surface area (Å²) >= 11 is 0. The van der Waals surface area contributed by atoms with Gasteiger partial charge in [-0.25, -0.2) is 9.59 Å². The number of hydrogen-bond acceptors (Lipinski definition) is 7. The minimum atomic E-state index is -1.36. The fraction of sp³-hybridized carbons (Fsp3) is 0.400. The first-order chi connectivity index (χ1) is 11.4. The number of rotatable bonds is 5. The minimum absolute atomic E-state index is 0.263. The van der Waals surface area contributed by atoms with Crippen LogP contribution in [0.5, 0.6) is 0 Å². The number of aliphatic hydroxyl groups excluding tert-OH is 2. The summed E-state index contributed by atoms with van der Waals surface area (Å²) in [5.74, 6) is -0.507. The summed E-state index contributed by atoms with van der Waals surface area (Å²) in [6.45, 7) is 1.95. The van der Waals surface area contributed by atoms with Gasteiger partial charge >= 0.3 is 11.7 Å². The molecular weight excluding hydrogens is 320 g/mol. The minimum Gasteiger partial charge on any atom is -0.463 e. The highest BCUT2D eigenvalue weighted by molar-refractivity contribution is 5.82. The summed E-state index contributed by atoms with van der Waals surface area (Å²) < 4.78 is 11.1. The number of esters is 1. The zero-order valence-corrected chi connectivity index (χ0v) is 12.9. The summed E-state index contributed by atoms with van der Waals surface area (Å²) in [6.07, 6.45) is 1.98. The van der Waals surface area contributed by atoms with Crippen molar-refractivity contribution in [1.82, 2.24) is 9.55 Å². The van der Waals surface area contributed by atoms with Crippen LogP contribution in [0, 0.1) is 0 Å². The third kappa shape index (κ3) is 4.07. The fourth-order valence-corrected chi connectivity index (χ4v) is 2.20.